The summed E-state index contributed by atoms with van der Waals surface area (Å²) < 4.78 is 0. The largest absolute Gasteiger partial charge is 0.395 e. The van der Waals surface area contributed by atoms with Gasteiger partial charge >= 0.3 is 0 Å². The van der Waals surface area contributed by atoms with Crippen molar-refractivity contribution in [2.75, 3.05) is 41.4 Å². The highest BCUT2D eigenvalue weighted by Crippen LogP contribution is 2.19. The molecule has 5 nitrogen and oxygen atoms in total. The molecule has 0 aromatic rings. The zero-order valence-electron chi connectivity index (χ0n) is 12.8. The van der Waals surface area contributed by atoms with Crippen LogP contribution in [0.4, 0.5) is 0 Å². The van der Waals surface area contributed by atoms with Gasteiger partial charge in [-0.3, -0.25) is 14.7 Å². The van der Waals surface area contributed by atoms with Crippen LogP contribution >= 0.6 is 0 Å². The van der Waals surface area contributed by atoms with Gasteiger partial charge in [0.25, 0.3) is 0 Å². The predicted molar refractivity (Wildman–Crippen MR) is 75.3 cm³/mol. The van der Waals surface area contributed by atoms with Crippen molar-refractivity contribution in [1.29, 1.82) is 0 Å². The molecule has 2 N–H and O–H groups in total. The van der Waals surface area contributed by atoms with Crippen LogP contribution in [-0.2, 0) is 0 Å². The van der Waals surface area contributed by atoms with E-state index in [-0.39, 0.29) is 31.6 Å². The van der Waals surface area contributed by atoms with Gasteiger partial charge < -0.3 is 10.2 Å². The molecule has 0 aliphatic heterocycles. The number of hydrogen-bond donors (Lipinski definition) is 2. The minimum Gasteiger partial charge on any atom is -0.395 e. The second-order valence-electron chi connectivity index (χ2n) is 5.17. The van der Waals surface area contributed by atoms with Gasteiger partial charge in [0.1, 0.15) is 0 Å². The second kappa shape index (κ2) is 8.82. The lowest BCUT2D eigenvalue weighted by Gasteiger charge is -2.46. The zero-order valence-corrected chi connectivity index (χ0v) is 12.8. The third-order valence-corrected chi connectivity index (χ3v) is 3.45. The van der Waals surface area contributed by atoms with E-state index in [0.717, 1.165) is 12.8 Å². The number of nitrogens with zero attached hydrogens (tertiary/aromatic N) is 3. The van der Waals surface area contributed by atoms with Crippen LogP contribution in [-0.4, -0.2) is 84.7 Å². The molecule has 0 aromatic carbocycles. The highest BCUT2D eigenvalue weighted by atomic mass is 16.3. The van der Waals surface area contributed by atoms with E-state index in [9.17, 15) is 10.2 Å². The summed E-state index contributed by atoms with van der Waals surface area (Å²) in [6, 6.07) is -0.218. The number of rotatable bonds is 9. The van der Waals surface area contributed by atoms with Gasteiger partial charge in [-0.2, -0.15) is 0 Å². The molecule has 0 saturated heterocycles. The molecule has 0 saturated carbocycles. The third kappa shape index (κ3) is 4.48. The van der Waals surface area contributed by atoms with Crippen molar-refractivity contribution in [1.82, 2.24) is 14.7 Å². The van der Waals surface area contributed by atoms with Crippen molar-refractivity contribution < 1.29 is 10.2 Å². The first kappa shape index (κ1) is 17.8. The molecular weight excluding hydrogens is 230 g/mol. The van der Waals surface area contributed by atoms with E-state index in [1.54, 1.807) is 0 Å². The molecule has 0 fully saturated rings. The summed E-state index contributed by atoms with van der Waals surface area (Å²) in [4.78, 5) is 6.51. The first-order valence-electron chi connectivity index (χ1n) is 6.76. The lowest BCUT2D eigenvalue weighted by Crippen LogP contribution is -2.60. The summed E-state index contributed by atoms with van der Waals surface area (Å²) in [5.74, 6) is 0. The van der Waals surface area contributed by atoms with Crippen LogP contribution < -0.4 is 0 Å². The van der Waals surface area contributed by atoms with Crippen molar-refractivity contribution in [2.24, 2.45) is 0 Å². The van der Waals surface area contributed by atoms with Crippen LogP contribution in [0, 0.1) is 0 Å². The average molecular weight is 261 g/mol. The van der Waals surface area contributed by atoms with Crippen LogP contribution in [0.3, 0.4) is 0 Å². The van der Waals surface area contributed by atoms with Crippen LogP contribution in [0.2, 0.25) is 0 Å². The second-order valence-corrected chi connectivity index (χ2v) is 5.17. The molecule has 0 aliphatic carbocycles. The summed E-state index contributed by atoms with van der Waals surface area (Å²) in [5.41, 5.74) is 0. The molecule has 0 bridgehead atoms. The van der Waals surface area contributed by atoms with Crippen LogP contribution in [0.5, 0.6) is 0 Å². The maximum atomic E-state index is 9.51. The molecule has 18 heavy (non-hydrogen) atoms. The Morgan fingerprint density at radius 2 is 1.11 bits per heavy atom. The van der Waals surface area contributed by atoms with Gasteiger partial charge in [-0.15, -0.1) is 0 Å². The van der Waals surface area contributed by atoms with Gasteiger partial charge in [-0.25, -0.2) is 0 Å². The van der Waals surface area contributed by atoms with E-state index in [1.165, 1.54) is 0 Å². The molecular formula is C13H31N3O2. The molecule has 0 spiro atoms. The zero-order chi connectivity index (χ0) is 14.3. The third-order valence-electron chi connectivity index (χ3n) is 3.45. The highest BCUT2D eigenvalue weighted by molar-refractivity contribution is 4.81. The molecule has 0 rings (SSSR count). The quantitative estimate of drug-likeness (QED) is 0.582. The first-order valence-corrected chi connectivity index (χ1v) is 6.76. The molecule has 5 heteroatoms. The molecule has 110 valence electrons. The van der Waals surface area contributed by atoms with Crippen LogP contribution in [0.25, 0.3) is 0 Å². The maximum Gasteiger partial charge on any atom is 0.0632 e. The van der Waals surface area contributed by atoms with E-state index in [2.05, 4.69) is 28.5 Å². The smallest absolute Gasteiger partial charge is 0.0632 e. The van der Waals surface area contributed by atoms with E-state index < -0.39 is 0 Å². The SMILES string of the molecule is CCC(N(C)C)N(C(CO)CO)C(CC)N(C)C. The summed E-state index contributed by atoms with van der Waals surface area (Å²) >= 11 is 0. The molecule has 0 aliphatic rings. The summed E-state index contributed by atoms with van der Waals surface area (Å²) in [6.45, 7) is 4.22. The normalized spacial score (nSPS) is 16.0. The Morgan fingerprint density at radius 3 is 1.28 bits per heavy atom. The predicted octanol–water partition coefficient (Wildman–Crippen LogP) is 0.237. The number of hydrogen-bond acceptors (Lipinski definition) is 5. The van der Waals surface area contributed by atoms with Crippen molar-refractivity contribution in [2.45, 2.75) is 45.1 Å². The fraction of sp³-hybridized carbons (Fsp3) is 1.00. The van der Waals surface area contributed by atoms with Gasteiger partial charge in [-0.05, 0) is 41.0 Å². The highest BCUT2D eigenvalue weighted by Gasteiger charge is 2.32. The van der Waals surface area contributed by atoms with Crippen molar-refractivity contribution >= 4 is 0 Å². The Kier molecular flexibility index (Phi) is 8.73. The van der Waals surface area contributed by atoms with Crippen molar-refractivity contribution in [3.8, 4) is 0 Å². The molecule has 2 unspecified atom stereocenters. The number of aliphatic hydroxyl groups is 2. The summed E-state index contributed by atoms with van der Waals surface area (Å²) in [7, 11) is 8.15. The average Bonchev–Trinajstić information content (AvgIpc) is 2.30. The topological polar surface area (TPSA) is 50.2 Å². The van der Waals surface area contributed by atoms with Crippen LogP contribution in [0.1, 0.15) is 26.7 Å². The van der Waals surface area contributed by atoms with E-state index in [0.29, 0.717) is 0 Å². The van der Waals surface area contributed by atoms with Gasteiger partial charge in [0.05, 0.1) is 31.6 Å². The maximum absolute atomic E-state index is 9.51. The molecule has 0 amide bonds. The molecule has 2 atom stereocenters. The van der Waals surface area contributed by atoms with Gasteiger partial charge in [0.15, 0.2) is 0 Å². The lowest BCUT2D eigenvalue weighted by molar-refractivity contribution is -0.0766. The van der Waals surface area contributed by atoms with Gasteiger partial charge in [-0.1, -0.05) is 13.8 Å². The molecule has 0 radical (unpaired) electrons. The Morgan fingerprint density at radius 1 is 0.778 bits per heavy atom. The lowest BCUT2D eigenvalue weighted by atomic mass is 10.1. The minimum atomic E-state index is -0.218. The monoisotopic (exact) mass is 261 g/mol. The Labute approximate surface area is 112 Å². The van der Waals surface area contributed by atoms with E-state index in [4.69, 9.17) is 0 Å². The van der Waals surface area contributed by atoms with E-state index in [1.807, 2.05) is 28.2 Å². The fourth-order valence-electron chi connectivity index (χ4n) is 2.62. The summed E-state index contributed by atoms with van der Waals surface area (Å²) in [6.07, 6.45) is 2.32. The minimum absolute atomic E-state index is 0.0226. The van der Waals surface area contributed by atoms with Gasteiger partial charge in [0.2, 0.25) is 0 Å². The van der Waals surface area contributed by atoms with E-state index >= 15 is 0 Å². The van der Waals surface area contributed by atoms with Crippen LogP contribution in [0.15, 0.2) is 0 Å². The van der Waals surface area contributed by atoms with Gasteiger partial charge in [0, 0.05) is 0 Å². The number of aliphatic hydroxyl groups excluding tert-OH is 2. The first-order chi connectivity index (χ1) is 8.44. The standard InChI is InChI=1S/C13H31N3O2/c1-7-12(14(3)4)16(11(9-17)10-18)13(8-2)15(5)6/h11-13,17-18H,7-10H2,1-6H3. The molecule has 0 heterocycles. The van der Waals surface area contributed by atoms with Crippen molar-refractivity contribution in [3.05, 3.63) is 0 Å². The molecule has 0 aromatic heterocycles. The Balaban J connectivity index is 5.24. The Bertz CT molecular complexity index is 192. The summed E-state index contributed by atoms with van der Waals surface area (Å²) in [5, 5.41) is 19.0. The fourth-order valence-corrected chi connectivity index (χ4v) is 2.62. The van der Waals surface area contributed by atoms with Crippen molar-refractivity contribution in [3.63, 3.8) is 0 Å². The Hall–Kier alpha value is -0.200.